The van der Waals surface area contributed by atoms with Crippen LogP contribution in [0.4, 0.5) is 5.69 Å². The molecule has 1 saturated heterocycles. The van der Waals surface area contributed by atoms with Crippen LogP contribution in [0.15, 0.2) is 18.2 Å². The Hall–Kier alpha value is -1.75. The first-order valence-electron chi connectivity index (χ1n) is 5.00. The highest BCUT2D eigenvalue weighted by molar-refractivity contribution is 6.31. The van der Waals surface area contributed by atoms with Crippen molar-refractivity contribution in [3.63, 3.8) is 0 Å². The smallest absolute Gasteiger partial charge is 0.347 e. The third kappa shape index (κ3) is 2.50. The zero-order valence-corrected chi connectivity index (χ0v) is 9.57. The number of hydrogen-bond donors (Lipinski definition) is 1. The van der Waals surface area contributed by atoms with Gasteiger partial charge in [-0.05, 0) is 18.2 Å². The largest absolute Gasteiger partial charge is 0.463 e. The Morgan fingerprint density at radius 1 is 1.53 bits per heavy atom. The third-order valence-corrected chi connectivity index (χ3v) is 2.61. The minimum absolute atomic E-state index is 0.189. The Morgan fingerprint density at radius 3 is 2.88 bits per heavy atom. The van der Waals surface area contributed by atoms with Crippen LogP contribution in [0.3, 0.4) is 0 Å². The highest BCUT2D eigenvalue weighted by Crippen LogP contribution is 2.20. The van der Waals surface area contributed by atoms with Gasteiger partial charge in [-0.2, -0.15) is 0 Å². The van der Waals surface area contributed by atoms with E-state index < -0.39 is 18.0 Å². The Balaban J connectivity index is 2.11. The van der Waals surface area contributed by atoms with E-state index in [-0.39, 0.29) is 17.9 Å². The molecule has 5 nitrogen and oxygen atoms in total. The molecule has 0 spiro atoms. The Labute approximate surface area is 102 Å². The van der Waals surface area contributed by atoms with Gasteiger partial charge in [-0.15, -0.1) is 0 Å². The van der Waals surface area contributed by atoms with Crippen molar-refractivity contribution in [2.75, 3.05) is 12.3 Å². The molecule has 1 atom stereocenters. The van der Waals surface area contributed by atoms with E-state index in [0.717, 1.165) is 0 Å². The molecule has 0 aliphatic carbocycles. The van der Waals surface area contributed by atoms with Gasteiger partial charge in [-0.1, -0.05) is 11.6 Å². The first-order chi connectivity index (χ1) is 8.08. The maximum absolute atomic E-state index is 11.7. The van der Waals surface area contributed by atoms with Gasteiger partial charge < -0.3 is 15.2 Å². The molecule has 1 aromatic rings. The molecule has 0 amide bonds. The molecule has 1 fully saturated rings. The topological polar surface area (TPSA) is 78.6 Å². The molecule has 0 bridgehead atoms. The molecule has 1 aliphatic heterocycles. The lowest BCUT2D eigenvalue weighted by atomic mass is 10.2. The molecule has 2 N–H and O–H groups in total. The average Bonchev–Trinajstić information content (AvgIpc) is 2.64. The summed E-state index contributed by atoms with van der Waals surface area (Å²) in [4.78, 5) is 22.9. The molecule has 6 heteroatoms. The molecule has 90 valence electrons. The van der Waals surface area contributed by atoms with Gasteiger partial charge >= 0.3 is 11.9 Å². The van der Waals surface area contributed by atoms with Crippen molar-refractivity contribution in [3.05, 3.63) is 28.8 Å². The van der Waals surface area contributed by atoms with E-state index in [0.29, 0.717) is 11.4 Å². The van der Waals surface area contributed by atoms with Gasteiger partial charge in [0, 0.05) is 17.1 Å². The number of anilines is 1. The molecule has 0 saturated carbocycles. The van der Waals surface area contributed by atoms with E-state index in [9.17, 15) is 9.59 Å². The second kappa shape index (κ2) is 4.63. The fourth-order valence-electron chi connectivity index (χ4n) is 1.50. The zero-order chi connectivity index (χ0) is 12.4. The number of carbonyl (C=O) groups excluding carboxylic acids is 2. The molecule has 0 unspecified atom stereocenters. The number of nitrogen functional groups attached to an aromatic ring is 1. The van der Waals surface area contributed by atoms with Crippen LogP contribution in [0.2, 0.25) is 5.02 Å². The summed E-state index contributed by atoms with van der Waals surface area (Å²) in [5.74, 6) is -1.17. The van der Waals surface area contributed by atoms with Crippen molar-refractivity contribution in [1.29, 1.82) is 0 Å². The van der Waals surface area contributed by atoms with E-state index in [4.69, 9.17) is 22.1 Å². The second-order valence-corrected chi connectivity index (χ2v) is 4.02. The van der Waals surface area contributed by atoms with E-state index in [1.807, 2.05) is 0 Å². The molecular weight excluding hydrogens is 246 g/mol. The summed E-state index contributed by atoms with van der Waals surface area (Å²) in [6.07, 6.45) is -0.462. The summed E-state index contributed by atoms with van der Waals surface area (Å²) >= 11 is 5.71. The maximum Gasteiger partial charge on any atom is 0.347 e. The normalized spacial score (nSPS) is 18.9. The van der Waals surface area contributed by atoms with Gasteiger partial charge in [-0.25, -0.2) is 9.59 Å². The number of nitrogens with two attached hydrogens (primary N) is 1. The summed E-state index contributed by atoms with van der Waals surface area (Å²) in [5.41, 5.74) is 6.04. The van der Waals surface area contributed by atoms with Gasteiger partial charge in [0.05, 0.1) is 12.2 Å². The zero-order valence-electron chi connectivity index (χ0n) is 8.81. The number of halogens is 1. The molecule has 0 aromatic heterocycles. The molecule has 17 heavy (non-hydrogen) atoms. The average molecular weight is 256 g/mol. The van der Waals surface area contributed by atoms with Crippen molar-refractivity contribution < 1.29 is 19.1 Å². The molecule has 2 rings (SSSR count). The van der Waals surface area contributed by atoms with Crippen molar-refractivity contribution in [1.82, 2.24) is 0 Å². The molecule has 1 aliphatic rings. The quantitative estimate of drug-likeness (QED) is 0.638. The van der Waals surface area contributed by atoms with Gasteiger partial charge in [0.1, 0.15) is 0 Å². The first kappa shape index (κ1) is 11.7. The number of ether oxygens (including phenoxy) is 2. The van der Waals surface area contributed by atoms with E-state index in [1.165, 1.54) is 18.2 Å². The minimum atomic E-state index is -0.836. The highest BCUT2D eigenvalue weighted by atomic mass is 35.5. The number of carbonyl (C=O) groups is 2. The molecule has 1 heterocycles. The lowest BCUT2D eigenvalue weighted by molar-refractivity contribution is -0.145. The highest BCUT2D eigenvalue weighted by Gasteiger charge is 2.30. The van der Waals surface area contributed by atoms with Gasteiger partial charge in [-0.3, -0.25) is 0 Å². The van der Waals surface area contributed by atoms with Crippen molar-refractivity contribution >= 4 is 29.2 Å². The Morgan fingerprint density at radius 2 is 2.29 bits per heavy atom. The molecular formula is C11H10ClNO4. The predicted molar refractivity (Wildman–Crippen MR) is 60.6 cm³/mol. The van der Waals surface area contributed by atoms with E-state index in [1.54, 1.807) is 0 Å². The minimum Gasteiger partial charge on any atom is -0.463 e. The molecule has 1 aromatic carbocycles. The summed E-state index contributed by atoms with van der Waals surface area (Å²) in [6, 6.07) is 4.44. The van der Waals surface area contributed by atoms with Crippen molar-refractivity contribution in [3.8, 4) is 0 Å². The first-order valence-corrected chi connectivity index (χ1v) is 5.38. The van der Waals surface area contributed by atoms with Crippen LogP contribution in [-0.4, -0.2) is 24.6 Å². The SMILES string of the molecule is Nc1cc(Cl)ccc1C(=O)O[C@H]1CCOC1=O. The summed E-state index contributed by atoms with van der Waals surface area (Å²) in [6.45, 7) is 0.271. The summed E-state index contributed by atoms with van der Waals surface area (Å²) in [7, 11) is 0. The van der Waals surface area contributed by atoms with Crippen LogP contribution in [0.25, 0.3) is 0 Å². The Kier molecular flexibility index (Phi) is 3.19. The Bertz CT molecular complexity index is 475. The number of benzene rings is 1. The van der Waals surface area contributed by atoms with Crippen molar-refractivity contribution in [2.24, 2.45) is 0 Å². The van der Waals surface area contributed by atoms with Gasteiger partial charge in [0.25, 0.3) is 0 Å². The van der Waals surface area contributed by atoms with Gasteiger partial charge in [0.15, 0.2) is 0 Å². The molecule has 0 radical (unpaired) electrons. The maximum atomic E-state index is 11.7. The van der Waals surface area contributed by atoms with Crippen LogP contribution in [-0.2, 0) is 14.3 Å². The summed E-state index contributed by atoms with van der Waals surface area (Å²) in [5, 5.41) is 0.430. The number of cyclic esters (lactones) is 1. The predicted octanol–water partition coefficient (Wildman–Crippen LogP) is 1.39. The second-order valence-electron chi connectivity index (χ2n) is 3.58. The van der Waals surface area contributed by atoms with Crippen LogP contribution in [0.5, 0.6) is 0 Å². The number of esters is 2. The standard InChI is InChI=1S/C11H10ClNO4/c12-6-1-2-7(8(13)5-6)10(14)17-9-3-4-16-11(9)15/h1-2,5,9H,3-4,13H2/t9-/m0/s1. The van der Waals surface area contributed by atoms with Crippen LogP contribution in [0.1, 0.15) is 16.8 Å². The fourth-order valence-corrected chi connectivity index (χ4v) is 1.68. The number of hydrogen-bond acceptors (Lipinski definition) is 5. The lowest BCUT2D eigenvalue weighted by Crippen LogP contribution is -2.23. The van der Waals surface area contributed by atoms with Crippen LogP contribution >= 0.6 is 11.6 Å². The van der Waals surface area contributed by atoms with Crippen LogP contribution < -0.4 is 5.73 Å². The van der Waals surface area contributed by atoms with Crippen molar-refractivity contribution in [2.45, 2.75) is 12.5 Å². The third-order valence-electron chi connectivity index (χ3n) is 2.37. The van der Waals surface area contributed by atoms with Gasteiger partial charge in [0.2, 0.25) is 6.10 Å². The fraction of sp³-hybridized carbons (Fsp3) is 0.273. The monoisotopic (exact) mass is 255 g/mol. The number of rotatable bonds is 2. The lowest BCUT2D eigenvalue weighted by Gasteiger charge is -2.09. The van der Waals surface area contributed by atoms with Crippen LogP contribution in [0, 0.1) is 0 Å². The van der Waals surface area contributed by atoms with E-state index in [2.05, 4.69) is 4.74 Å². The summed E-state index contributed by atoms with van der Waals surface area (Å²) < 4.78 is 9.68. The van der Waals surface area contributed by atoms with E-state index >= 15 is 0 Å².